The van der Waals surface area contributed by atoms with E-state index in [1.807, 2.05) is 26.8 Å². The van der Waals surface area contributed by atoms with Gasteiger partial charge in [0, 0.05) is 24.9 Å². The molecular weight excluding hydrogens is 258 g/mol. The molecule has 1 aromatic carbocycles. The molecule has 1 unspecified atom stereocenters. The van der Waals surface area contributed by atoms with Crippen molar-refractivity contribution < 1.29 is 19.1 Å². The molecule has 0 aromatic heterocycles. The van der Waals surface area contributed by atoms with E-state index in [4.69, 9.17) is 9.47 Å². The summed E-state index contributed by atoms with van der Waals surface area (Å²) in [5.74, 6) is 0.124. The van der Waals surface area contributed by atoms with Gasteiger partial charge in [0.25, 0.3) is 0 Å². The Morgan fingerprint density at radius 1 is 1.40 bits per heavy atom. The molecule has 1 atom stereocenters. The second-order valence-electron chi connectivity index (χ2n) is 5.94. The second-order valence-corrected chi connectivity index (χ2v) is 5.94. The van der Waals surface area contributed by atoms with E-state index in [0.29, 0.717) is 17.9 Å². The summed E-state index contributed by atoms with van der Waals surface area (Å²) < 4.78 is 10.3. The molecule has 1 aliphatic rings. The summed E-state index contributed by atoms with van der Waals surface area (Å²) in [6, 6.07) is 4.73. The highest BCUT2D eigenvalue weighted by molar-refractivity contribution is 5.81. The van der Waals surface area contributed by atoms with Crippen molar-refractivity contribution in [2.45, 2.75) is 45.7 Å². The van der Waals surface area contributed by atoms with Crippen LogP contribution >= 0.6 is 0 Å². The minimum absolute atomic E-state index is 0.168. The minimum atomic E-state index is -0.403. The third-order valence-corrected chi connectivity index (χ3v) is 2.83. The molecule has 0 aliphatic carbocycles. The first kappa shape index (κ1) is 14.5. The average Bonchev–Trinajstić information content (AvgIpc) is 2.27. The van der Waals surface area contributed by atoms with E-state index in [-0.39, 0.29) is 17.6 Å². The van der Waals surface area contributed by atoms with Crippen molar-refractivity contribution in [1.29, 1.82) is 0 Å². The van der Waals surface area contributed by atoms with Crippen LogP contribution in [-0.4, -0.2) is 23.5 Å². The van der Waals surface area contributed by atoms with Gasteiger partial charge in [-0.1, -0.05) is 6.07 Å². The number of carbonyl (C=O) groups is 2. The summed E-state index contributed by atoms with van der Waals surface area (Å²) >= 11 is 0. The molecule has 2 rings (SSSR count). The number of hydrogen-bond acceptors (Lipinski definition) is 5. The SMILES string of the molecule is CC(=O)Oc1ccc2c(c1)OC(=O)C(NC(C)(C)C)C2. The van der Waals surface area contributed by atoms with Crippen molar-refractivity contribution in [3.8, 4) is 11.5 Å². The molecule has 1 aliphatic heterocycles. The number of fused-ring (bicyclic) bond motifs is 1. The monoisotopic (exact) mass is 277 g/mol. The predicted octanol–water partition coefficient (Wildman–Crippen LogP) is 1.83. The van der Waals surface area contributed by atoms with Crippen LogP contribution in [0.3, 0.4) is 0 Å². The molecule has 0 saturated heterocycles. The van der Waals surface area contributed by atoms with E-state index in [2.05, 4.69) is 5.32 Å². The summed E-state index contributed by atoms with van der Waals surface area (Å²) in [4.78, 5) is 22.9. The van der Waals surface area contributed by atoms with Crippen molar-refractivity contribution in [3.05, 3.63) is 23.8 Å². The van der Waals surface area contributed by atoms with Crippen LogP contribution in [0.1, 0.15) is 33.3 Å². The van der Waals surface area contributed by atoms with Gasteiger partial charge >= 0.3 is 11.9 Å². The zero-order valence-electron chi connectivity index (χ0n) is 12.1. The number of carbonyl (C=O) groups excluding carboxylic acids is 2. The van der Waals surface area contributed by atoms with Crippen LogP contribution in [0.25, 0.3) is 0 Å². The van der Waals surface area contributed by atoms with Gasteiger partial charge in [-0.25, -0.2) is 4.79 Å². The van der Waals surface area contributed by atoms with Crippen LogP contribution < -0.4 is 14.8 Å². The first-order valence-corrected chi connectivity index (χ1v) is 6.55. The highest BCUT2D eigenvalue weighted by atomic mass is 16.5. The molecule has 1 heterocycles. The molecule has 1 aromatic rings. The summed E-state index contributed by atoms with van der Waals surface area (Å²) in [7, 11) is 0. The maximum Gasteiger partial charge on any atom is 0.328 e. The van der Waals surface area contributed by atoms with E-state index in [1.165, 1.54) is 6.92 Å². The van der Waals surface area contributed by atoms with Gasteiger partial charge in [0.05, 0.1) is 0 Å². The minimum Gasteiger partial charge on any atom is -0.427 e. The van der Waals surface area contributed by atoms with Crippen LogP contribution in [0.5, 0.6) is 11.5 Å². The quantitative estimate of drug-likeness (QED) is 0.660. The van der Waals surface area contributed by atoms with Gasteiger partial charge in [0.1, 0.15) is 17.5 Å². The lowest BCUT2D eigenvalue weighted by Crippen LogP contribution is -2.51. The Bertz CT molecular complexity index is 545. The number of rotatable bonds is 2. The Kier molecular flexibility index (Phi) is 3.81. The highest BCUT2D eigenvalue weighted by Gasteiger charge is 2.31. The van der Waals surface area contributed by atoms with Gasteiger partial charge in [-0.05, 0) is 32.4 Å². The van der Waals surface area contributed by atoms with Crippen LogP contribution in [0.2, 0.25) is 0 Å². The van der Waals surface area contributed by atoms with Gasteiger partial charge in [-0.3, -0.25) is 10.1 Å². The molecule has 0 spiro atoms. The number of nitrogens with one attached hydrogen (secondary N) is 1. The molecule has 1 N–H and O–H groups in total. The molecule has 108 valence electrons. The van der Waals surface area contributed by atoms with Crippen molar-refractivity contribution in [2.24, 2.45) is 0 Å². The van der Waals surface area contributed by atoms with E-state index in [9.17, 15) is 9.59 Å². The third-order valence-electron chi connectivity index (χ3n) is 2.83. The van der Waals surface area contributed by atoms with Crippen molar-refractivity contribution in [2.75, 3.05) is 0 Å². The molecular formula is C15H19NO4. The van der Waals surface area contributed by atoms with E-state index < -0.39 is 5.97 Å². The lowest BCUT2D eigenvalue weighted by Gasteiger charge is -2.30. The Balaban J connectivity index is 2.18. The third kappa shape index (κ3) is 3.57. The fraction of sp³-hybridized carbons (Fsp3) is 0.467. The molecule has 0 bridgehead atoms. The van der Waals surface area contributed by atoms with Crippen LogP contribution in [-0.2, 0) is 16.0 Å². The van der Waals surface area contributed by atoms with Crippen molar-refractivity contribution >= 4 is 11.9 Å². The standard InChI is InChI=1S/C15H19NO4/c1-9(17)19-11-6-5-10-7-12(16-15(2,3)4)14(18)20-13(10)8-11/h5-6,8,12,16H,7H2,1-4H3. The van der Waals surface area contributed by atoms with Crippen LogP contribution in [0, 0.1) is 0 Å². The molecule has 0 amide bonds. The first-order chi connectivity index (χ1) is 9.24. The zero-order valence-corrected chi connectivity index (χ0v) is 12.1. The predicted molar refractivity (Wildman–Crippen MR) is 73.8 cm³/mol. The Morgan fingerprint density at radius 2 is 2.10 bits per heavy atom. The maximum atomic E-state index is 12.0. The Labute approximate surface area is 118 Å². The lowest BCUT2D eigenvalue weighted by molar-refractivity contribution is -0.138. The van der Waals surface area contributed by atoms with E-state index >= 15 is 0 Å². The fourth-order valence-corrected chi connectivity index (χ4v) is 2.14. The fourth-order valence-electron chi connectivity index (χ4n) is 2.14. The number of benzene rings is 1. The summed E-state index contributed by atoms with van der Waals surface area (Å²) in [6.07, 6.45) is 0.561. The smallest absolute Gasteiger partial charge is 0.328 e. The molecule has 20 heavy (non-hydrogen) atoms. The lowest BCUT2D eigenvalue weighted by atomic mass is 9.99. The molecule has 0 fully saturated rings. The van der Waals surface area contributed by atoms with Crippen molar-refractivity contribution in [1.82, 2.24) is 5.32 Å². The van der Waals surface area contributed by atoms with Crippen LogP contribution in [0.4, 0.5) is 0 Å². The number of esters is 2. The second kappa shape index (κ2) is 5.25. The number of ether oxygens (including phenoxy) is 2. The molecule has 5 heteroatoms. The molecule has 0 saturated carbocycles. The number of hydrogen-bond donors (Lipinski definition) is 1. The van der Waals surface area contributed by atoms with Gasteiger partial charge in [0.2, 0.25) is 0 Å². The Hall–Kier alpha value is -1.88. The van der Waals surface area contributed by atoms with Gasteiger partial charge in [0.15, 0.2) is 0 Å². The molecule has 5 nitrogen and oxygen atoms in total. The topological polar surface area (TPSA) is 64.6 Å². The molecule has 0 radical (unpaired) electrons. The summed E-state index contributed by atoms with van der Waals surface area (Å²) in [5, 5.41) is 3.24. The summed E-state index contributed by atoms with van der Waals surface area (Å²) in [5.41, 5.74) is 0.751. The van der Waals surface area contributed by atoms with Crippen LogP contribution in [0.15, 0.2) is 18.2 Å². The Morgan fingerprint density at radius 3 is 2.70 bits per heavy atom. The zero-order chi connectivity index (χ0) is 14.9. The largest absolute Gasteiger partial charge is 0.427 e. The highest BCUT2D eigenvalue weighted by Crippen LogP contribution is 2.30. The van der Waals surface area contributed by atoms with Crippen molar-refractivity contribution in [3.63, 3.8) is 0 Å². The summed E-state index contributed by atoms with van der Waals surface area (Å²) in [6.45, 7) is 7.33. The first-order valence-electron chi connectivity index (χ1n) is 6.55. The van der Waals surface area contributed by atoms with Gasteiger partial charge in [-0.15, -0.1) is 0 Å². The normalized spacial score (nSPS) is 18.2. The van der Waals surface area contributed by atoms with Gasteiger partial charge in [-0.2, -0.15) is 0 Å². The van der Waals surface area contributed by atoms with E-state index in [1.54, 1.807) is 12.1 Å². The average molecular weight is 277 g/mol. The van der Waals surface area contributed by atoms with E-state index in [0.717, 1.165) is 5.56 Å². The maximum absolute atomic E-state index is 12.0. The van der Waals surface area contributed by atoms with Gasteiger partial charge < -0.3 is 9.47 Å².